The van der Waals surface area contributed by atoms with E-state index in [4.69, 9.17) is 9.84 Å². The average Bonchev–Trinajstić information content (AvgIpc) is 2.58. The van der Waals surface area contributed by atoms with Crippen molar-refractivity contribution in [3.63, 3.8) is 0 Å². The largest absolute Gasteiger partial charge is 0.508 e. The molecule has 0 aliphatic carbocycles. The number of benzene rings is 2. The zero-order valence-electron chi connectivity index (χ0n) is 16.2. The highest BCUT2D eigenvalue weighted by Crippen LogP contribution is 2.32. The van der Waals surface area contributed by atoms with Crippen molar-refractivity contribution in [3.8, 4) is 11.5 Å². The van der Waals surface area contributed by atoms with Crippen LogP contribution >= 0.6 is 0 Å². The van der Waals surface area contributed by atoms with Gasteiger partial charge in [-0.3, -0.25) is 0 Å². The Bertz CT molecular complexity index is 697. The summed E-state index contributed by atoms with van der Waals surface area (Å²) in [5.74, 6) is 0.692. The molecule has 0 heterocycles. The van der Waals surface area contributed by atoms with Crippen LogP contribution in [0.5, 0.6) is 11.5 Å². The predicted molar refractivity (Wildman–Crippen MR) is 104 cm³/mol. The van der Waals surface area contributed by atoms with Gasteiger partial charge in [0.1, 0.15) is 18.1 Å². The molecular formula is C21H29NO4. The third kappa shape index (κ3) is 7.15. The fourth-order valence-corrected chi connectivity index (χ4v) is 2.18. The molecule has 26 heavy (non-hydrogen) atoms. The van der Waals surface area contributed by atoms with Gasteiger partial charge in [0, 0.05) is 12.1 Å². The van der Waals surface area contributed by atoms with Crippen LogP contribution in [0.25, 0.3) is 0 Å². The van der Waals surface area contributed by atoms with Gasteiger partial charge in [-0.05, 0) is 56.8 Å². The lowest BCUT2D eigenvalue weighted by Crippen LogP contribution is -2.19. The molecule has 0 amide bonds. The number of phenols is 1. The average molecular weight is 359 g/mol. The molecule has 5 nitrogen and oxygen atoms in total. The van der Waals surface area contributed by atoms with Crippen LogP contribution in [0.15, 0.2) is 42.5 Å². The third-order valence-corrected chi connectivity index (χ3v) is 3.77. The van der Waals surface area contributed by atoms with Crippen molar-refractivity contribution in [2.45, 2.75) is 26.7 Å². The minimum Gasteiger partial charge on any atom is -0.508 e. The second-order valence-corrected chi connectivity index (χ2v) is 6.65. The van der Waals surface area contributed by atoms with Gasteiger partial charge in [0.2, 0.25) is 0 Å². The van der Waals surface area contributed by atoms with Gasteiger partial charge < -0.3 is 19.8 Å². The van der Waals surface area contributed by atoms with Crippen molar-refractivity contribution in [1.82, 2.24) is 4.90 Å². The maximum Gasteiger partial charge on any atom is 0.335 e. The van der Waals surface area contributed by atoms with E-state index >= 15 is 0 Å². The number of carbonyl (C=O) groups is 1. The van der Waals surface area contributed by atoms with Crippen LogP contribution in [0, 0.1) is 6.92 Å². The van der Waals surface area contributed by atoms with Crippen LogP contribution in [0.3, 0.4) is 0 Å². The van der Waals surface area contributed by atoms with Crippen molar-refractivity contribution in [1.29, 1.82) is 0 Å². The molecule has 0 bridgehead atoms. The molecule has 2 N–H and O–H groups in total. The Morgan fingerprint density at radius 2 is 1.77 bits per heavy atom. The van der Waals surface area contributed by atoms with Gasteiger partial charge in [0.05, 0.1) is 5.56 Å². The van der Waals surface area contributed by atoms with E-state index < -0.39 is 5.97 Å². The normalized spacial score (nSPS) is 10.4. The number of aromatic hydroxyl groups is 1. The summed E-state index contributed by atoms with van der Waals surface area (Å²) in [5, 5.41) is 18.1. The zero-order chi connectivity index (χ0) is 19.7. The second kappa shape index (κ2) is 10.5. The highest BCUT2D eigenvalue weighted by atomic mass is 16.5. The molecule has 0 aliphatic rings. The molecule has 0 saturated carbocycles. The molecule has 0 aliphatic heterocycles. The molecule has 2 rings (SSSR count). The predicted octanol–water partition coefficient (Wildman–Crippen LogP) is 4.15. The first-order valence-electron chi connectivity index (χ1n) is 8.61. The first kappa shape index (κ1) is 21.5. The Kier molecular flexibility index (Phi) is 8.65. The van der Waals surface area contributed by atoms with Crippen molar-refractivity contribution in [2.24, 2.45) is 0 Å². The Balaban J connectivity index is 0.000000314. The number of hydrogen-bond acceptors (Lipinski definition) is 4. The number of ether oxygens (including phenoxy) is 1. The first-order valence-corrected chi connectivity index (χ1v) is 8.61. The number of hydrogen-bond donors (Lipinski definition) is 2. The van der Waals surface area contributed by atoms with Gasteiger partial charge in [0.15, 0.2) is 0 Å². The monoisotopic (exact) mass is 359 g/mol. The van der Waals surface area contributed by atoms with Crippen molar-refractivity contribution in [3.05, 3.63) is 59.2 Å². The lowest BCUT2D eigenvalue weighted by atomic mass is 10.00. The number of likely N-dealkylation sites (N-methyl/N-ethyl adjacent to an activating group) is 1. The second-order valence-electron chi connectivity index (χ2n) is 6.65. The zero-order valence-corrected chi connectivity index (χ0v) is 16.2. The molecule has 0 radical (unpaired) electrons. The van der Waals surface area contributed by atoms with Gasteiger partial charge in [-0.25, -0.2) is 4.79 Å². The maximum absolute atomic E-state index is 10.2. The number of aryl methyl sites for hydroxylation is 1. The summed E-state index contributed by atoms with van der Waals surface area (Å²) >= 11 is 0. The number of aromatic carboxylic acids is 1. The maximum atomic E-state index is 10.2. The van der Waals surface area contributed by atoms with E-state index in [-0.39, 0.29) is 0 Å². The summed E-state index contributed by atoms with van der Waals surface area (Å²) in [6.45, 7) is 7.64. The number of phenolic OH excluding ortho intramolecular Hbond substituents is 1. The Labute approximate surface area is 155 Å². The van der Waals surface area contributed by atoms with Crippen LogP contribution in [-0.4, -0.2) is 48.3 Å². The SMILES string of the molecule is Cc1cc(OCCN(C)C)c(C(C)C)cc1O.O=C(O)c1ccccc1. The summed E-state index contributed by atoms with van der Waals surface area (Å²) in [7, 11) is 4.05. The van der Waals surface area contributed by atoms with Crippen molar-refractivity contribution in [2.75, 3.05) is 27.2 Å². The quantitative estimate of drug-likeness (QED) is 0.811. The van der Waals surface area contributed by atoms with E-state index in [0.717, 1.165) is 23.4 Å². The molecule has 142 valence electrons. The smallest absolute Gasteiger partial charge is 0.335 e. The Morgan fingerprint density at radius 3 is 2.23 bits per heavy atom. The van der Waals surface area contributed by atoms with E-state index in [1.54, 1.807) is 30.3 Å². The number of rotatable bonds is 6. The van der Waals surface area contributed by atoms with Gasteiger partial charge >= 0.3 is 5.97 Å². The van der Waals surface area contributed by atoms with E-state index in [1.165, 1.54) is 0 Å². The lowest BCUT2D eigenvalue weighted by Gasteiger charge is -2.17. The number of nitrogens with zero attached hydrogens (tertiary/aromatic N) is 1. The van der Waals surface area contributed by atoms with Gasteiger partial charge in [0.25, 0.3) is 0 Å². The van der Waals surface area contributed by atoms with E-state index in [0.29, 0.717) is 23.8 Å². The van der Waals surface area contributed by atoms with Crippen LogP contribution < -0.4 is 4.74 Å². The Hall–Kier alpha value is -2.53. The van der Waals surface area contributed by atoms with Crippen molar-refractivity contribution >= 4 is 5.97 Å². The summed E-state index contributed by atoms with van der Waals surface area (Å²) in [6.07, 6.45) is 0. The highest BCUT2D eigenvalue weighted by Gasteiger charge is 2.11. The van der Waals surface area contributed by atoms with Gasteiger partial charge in [-0.15, -0.1) is 0 Å². The molecule has 0 saturated heterocycles. The summed E-state index contributed by atoms with van der Waals surface area (Å²) in [4.78, 5) is 12.3. The van der Waals surface area contributed by atoms with Crippen LogP contribution in [0.2, 0.25) is 0 Å². The Morgan fingerprint density at radius 1 is 1.15 bits per heavy atom. The molecular weight excluding hydrogens is 330 g/mol. The molecule has 0 spiro atoms. The number of carboxylic acids is 1. The standard InChI is InChI=1S/C14H23NO2.C7H6O2/c1-10(2)12-9-13(16)11(3)8-14(12)17-7-6-15(4)5;8-7(9)6-4-2-1-3-5-6/h8-10,16H,6-7H2,1-5H3;1-5H,(H,8,9). The molecule has 0 fully saturated rings. The first-order chi connectivity index (χ1) is 12.2. The molecule has 0 aromatic heterocycles. The number of carboxylic acid groups (broad SMARTS) is 1. The minimum atomic E-state index is -0.879. The fraction of sp³-hybridized carbons (Fsp3) is 0.381. The molecule has 2 aromatic carbocycles. The van der Waals surface area contributed by atoms with Gasteiger partial charge in [-0.1, -0.05) is 32.0 Å². The van der Waals surface area contributed by atoms with E-state index in [2.05, 4.69) is 18.7 Å². The van der Waals surface area contributed by atoms with Crippen LogP contribution in [-0.2, 0) is 0 Å². The van der Waals surface area contributed by atoms with Gasteiger partial charge in [-0.2, -0.15) is 0 Å². The van der Waals surface area contributed by atoms with Crippen LogP contribution in [0.4, 0.5) is 0 Å². The topological polar surface area (TPSA) is 70.0 Å². The molecule has 2 aromatic rings. The highest BCUT2D eigenvalue weighted by molar-refractivity contribution is 5.87. The molecule has 5 heteroatoms. The van der Waals surface area contributed by atoms with Crippen molar-refractivity contribution < 1.29 is 19.7 Å². The lowest BCUT2D eigenvalue weighted by molar-refractivity contribution is 0.0697. The minimum absolute atomic E-state index is 0.331. The molecule has 0 unspecified atom stereocenters. The fourth-order valence-electron chi connectivity index (χ4n) is 2.18. The molecule has 0 atom stereocenters. The summed E-state index contributed by atoms with van der Waals surface area (Å²) in [5.41, 5.74) is 2.25. The third-order valence-electron chi connectivity index (χ3n) is 3.77. The van der Waals surface area contributed by atoms with E-state index in [1.807, 2.05) is 33.2 Å². The summed E-state index contributed by atoms with van der Waals surface area (Å²) < 4.78 is 5.79. The summed E-state index contributed by atoms with van der Waals surface area (Å²) in [6, 6.07) is 12.0. The van der Waals surface area contributed by atoms with E-state index in [9.17, 15) is 9.90 Å². The van der Waals surface area contributed by atoms with Crippen LogP contribution in [0.1, 0.15) is 41.3 Å².